The van der Waals surface area contributed by atoms with Gasteiger partial charge in [0.05, 0.1) is 10.5 Å². The number of nitrogens with zero attached hydrogens (tertiary/aromatic N) is 3. The molecule has 6 heteroatoms. The normalized spacial score (nSPS) is 23.5. The Morgan fingerprint density at radius 2 is 1.92 bits per heavy atom. The summed E-state index contributed by atoms with van der Waals surface area (Å²) in [7, 11) is 3.70. The van der Waals surface area contributed by atoms with Gasteiger partial charge in [0.2, 0.25) is 0 Å². The zero-order valence-corrected chi connectivity index (χ0v) is 14.4. The lowest BCUT2D eigenvalue weighted by Crippen LogP contribution is -2.45. The van der Waals surface area contributed by atoms with E-state index in [1.54, 1.807) is 6.07 Å². The Hall–Kier alpha value is -2.11. The molecule has 1 saturated carbocycles. The van der Waals surface area contributed by atoms with E-state index in [0.717, 1.165) is 31.1 Å². The highest BCUT2D eigenvalue weighted by Crippen LogP contribution is 2.37. The van der Waals surface area contributed by atoms with Crippen molar-refractivity contribution in [3.05, 3.63) is 33.9 Å². The minimum atomic E-state index is -0.441. The van der Waals surface area contributed by atoms with Crippen LogP contribution >= 0.6 is 0 Å². The number of carbonyl (C=O) groups is 1. The molecule has 6 nitrogen and oxygen atoms in total. The lowest BCUT2D eigenvalue weighted by Gasteiger charge is -2.41. The van der Waals surface area contributed by atoms with Crippen LogP contribution < -0.4 is 4.90 Å². The molecule has 0 spiro atoms. The summed E-state index contributed by atoms with van der Waals surface area (Å²) < 4.78 is 0. The standard InChI is InChI=1S/C18H25N3O3/c1-19(2)17-8-7-15(21(23)24)11-16(17)18(22)20-10-9-13-5-3-4-6-14(13)12-20/h7-8,11,13-14H,3-6,9-10,12H2,1-2H3/t13-,14+/m1/s1. The molecule has 1 aliphatic carbocycles. The van der Waals surface area contributed by atoms with E-state index in [9.17, 15) is 14.9 Å². The average Bonchev–Trinajstić information content (AvgIpc) is 2.60. The second-order valence-corrected chi connectivity index (χ2v) is 7.20. The SMILES string of the molecule is CN(C)c1ccc([N+](=O)[O-])cc1C(=O)N1CC[C@H]2CCCC[C@H]2C1. The summed E-state index contributed by atoms with van der Waals surface area (Å²) in [4.78, 5) is 27.4. The highest BCUT2D eigenvalue weighted by molar-refractivity contribution is 6.00. The average molecular weight is 331 g/mol. The van der Waals surface area contributed by atoms with Gasteiger partial charge in [-0.2, -0.15) is 0 Å². The number of likely N-dealkylation sites (tertiary alicyclic amines) is 1. The predicted molar refractivity (Wildman–Crippen MR) is 93.4 cm³/mol. The largest absolute Gasteiger partial charge is 0.377 e. The molecule has 0 bridgehead atoms. The maximum absolute atomic E-state index is 13.1. The zero-order valence-electron chi connectivity index (χ0n) is 14.4. The molecule has 0 N–H and O–H groups in total. The highest BCUT2D eigenvalue weighted by atomic mass is 16.6. The number of fused-ring (bicyclic) bond motifs is 1. The van der Waals surface area contributed by atoms with Gasteiger partial charge in [-0.15, -0.1) is 0 Å². The van der Waals surface area contributed by atoms with E-state index in [1.165, 1.54) is 37.8 Å². The summed E-state index contributed by atoms with van der Waals surface area (Å²) in [6.07, 6.45) is 6.10. The number of piperidine rings is 1. The number of nitro groups is 1. The van der Waals surface area contributed by atoms with Crippen LogP contribution in [0, 0.1) is 22.0 Å². The summed E-state index contributed by atoms with van der Waals surface area (Å²) in [5.74, 6) is 1.27. The summed E-state index contributed by atoms with van der Waals surface area (Å²) in [6.45, 7) is 1.55. The number of non-ortho nitro benzene ring substituents is 1. The van der Waals surface area contributed by atoms with Crippen molar-refractivity contribution in [3.63, 3.8) is 0 Å². The van der Waals surface area contributed by atoms with Gasteiger partial charge in [0.25, 0.3) is 11.6 Å². The molecule has 2 aliphatic rings. The summed E-state index contributed by atoms with van der Waals surface area (Å²) >= 11 is 0. The van der Waals surface area contributed by atoms with Crippen molar-refractivity contribution in [1.29, 1.82) is 0 Å². The van der Waals surface area contributed by atoms with Crippen LogP contribution in [0.3, 0.4) is 0 Å². The van der Waals surface area contributed by atoms with E-state index in [2.05, 4.69) is 0 Å². The number of rotatable bonds is 3. The maximum Gasteiger partial charge on any atom is 0.270 e. The van der Waals surface area contributed by atoms with Crippen molar-refractivity contribution < 1.29 is 9.72 Å². The molecule has 0 radical (unpaired) electrons. The molecule has 24 heavy (non-hydrogen) atoms. The molecule has 1 aromatic carbocycles. The summed E-state index contributed by atoms with van der Waals surface area (Å²) in [5.41, 5.74) is 1.14. The Morgan fingerprint density at radius 1 is 1.21 bits per heavy atom. The fourth-order valence-corrected chi connectivity index (χ4v) is 4.15. The van der Waals surface area contributed by atoms with Crippen molar-refractivity contribution >= 4 is 17.3 Å². The van der Waals surface area contributed by atoms with Gasteiger partial charge >= 0.3 is 0 Å². The fraction of sp³-hybridized carbons (Fsp3) is 0.611. The first-order valence-electron chi connectivity index (χ1n) is 8.72. The van der Waals surface area contributed by atoms with E-state index in [4.69, 9.17) is 0 Å². The zero-order chi connectivity index (χ0) is 17.3. The van der Waals surface area contributed by atoms with Crippen molar-refractivity contribution in [2.24, 2.45) is 11.8 Å². The van der Waals surface area contributed by atoms with Crippen LogP contribution in [0.5, 0.6) is 0 Å². The predicted octanol–water partition coefficient (Wildman–Crippen LogP) is 3.31. The Balaban J connectivity index is 1.85. The van der Waals surface area contributed by atoms with Crippen LogP contribution in [0.4, 0.5) is 11.4 Å². The topological polar surface area (TPSA) is 66.7 Å². The van der Waals surface area contributed by atoms with Gasteiger partial charge in [-0.25, -0.2) is 0 Å². The number of anilines is 1. The van der Waals surface area contributed by atoms with Gasteiger partial charge < -0.3 is 9.80 Å². The molecule has 0 aromatic heterocycles. The van der Waals surface area contributed by atoms with E-state index >= 15 is 0 Å². The number of amides is 1. The van der Waals surface area contributed by atoms with Gasteiger partial charge in [-0.3, -0.25) is 14.9 Å². The summed E-state index contributed by atoms with van der Waals surface area (Å²) in [6, 6.07) is 4.54. The number of nitro benzene ring substituents is 1. The van der Waals surface area contributed by atoms with Crippen LogP contribution in [0.25, 0.3) is 0 Å². The molecular weight excluding hydrogens is 306 g/mol. The molecule has 1 aliphatic heterocycles. The number of hydrogen-bond acceptors (Lipinski definition) is 4. The molecular formula is C18H25N3O3. The van der Waals surface area contributed by atoms with Crippen LogP contribution in [-0.4, -0.2) is 42.9 Å². The minimum Gasteiger partial charge on any atom is -0.377 e. The van der Waals surface area contributed by atoms with E-state index in [0.29, 0.717) is 11.5 Å². The van der Waals surface area contributed by atoms with Crippen molar-refractivity contribution in [1.82, 2.24) is 4.90 Å². The van der Waals surface area contributed by atoms with Gasteiger partial charge in [-0.1, -0.05) is 19.3 Å². The highest BCUT2D eigenvalue weighted by Gasteiger charge is 2.34. The second kappa shape index (κ2) is 6.79. The van der Waals surface area contributed by atoms with E-state index in [-0.39, 0.29) is 11.6 Å². The van der Waals surface area contributed by atoms with Gasteiger partial charge in [-0.05, 0) is 30.7 Å². The Labute approximate surface area is 142 Å². The Kier molecular flexibility index (Phi) is 4.73. The molecule has 2 fully saturated rings. The van der Waals surface area contributed by atoms with Gasteiger partial charge in [0.1, 0.15) is 0 Å². The van der Waals surface area contributed by atoms with Crippen molar-refractivity contribution in [2.75, 3.05) is 32.1 Å². The number of benzene rings is 1. The third kappa shape index (κ3) is 3.23. The summed E-state index contributed by atoms with van der Waals surface area (Å²) in [5, 5.41) is 11.1. The third-order valence-corrected chi connectivity index (χ3v) is 5.48. The fourth-order valence-electron chi connectivity index (χ4n) is 4.15. The molecule has 0 unspecified atom stereocenters. The molecule has 130 valence electrons. The van der Waals surface area contributed by atoms with Crippen LogP contribution in [-0.2, 0) is 0 Å². The first kappa shape index (κ1) is 16.7. The smallest absolute Gasteiger partial charge is 0.270 e. The third-order valence-electron chi connectivity index (χ3n) is 5.48. The number of hydrogen-bond donors (Lipinski definition) is 0. The molecule has 1 saturated heterocycles. The van der Waals surface area contributed by atoms with Crippen molar-refractivity contribution in [2.45, 2.75) is 32.1 Å². The first-order chi connectivity index (χ1) is 11.5. The lowest BCUT2D eigenvalue weighted by atomic mass is 9.75. The lowest BCUT2D eigenvalue weighted by molar-refractivity contribution is -0.384. The second-order valence-electron chi connectivity index (χ2n) is 7.20. The molecule has 1 aromatic rings. The van der Waals surface area contributed by atoms with Crippen molar-refractivity contribution in [3.8, 4) is 0 Å². The Morgan fingerprint density at radius 3 is 2.58 bits per heavy atom. The monoisotopic (exact) mass is 331 g/mol. The first-order valence-corrected chi connectivity index (χ1v) is 8.72. The Bertz CT molecular complexity index is 644. The van der Waals surface area contributed by atoms with Gasteiger partial charge in [0, 0.05) is 45.0 Å². The van der Waals surface area contributed by atoms with Crippen LogP contribution in [0.1, 0.15) is 42.5 Å². The molecule has 3 rings (SSSR count). The van der Waals surface area contributed by atoms with Crippen LogP contribution in [0.2, 0.25) is 0 Å². The van der Waals surface area contributed by atoms with Gasteiger partial charge in [0.15, 0.2) is 0 Å². The quantitative estimate of drug-likeness (QED) is 0.629. The minimum absolute atomic E-state index is 0.0310. The number of carbonyl (C=O) groups excluding carboxylic acids is 1. The molecule has 1 amide bonds. The van der Waals surface area contributed by atoms with Crippen LogP contribution in [0.15, 0.2) is 18.2 Å². The maximum atomic E-state index is 13.1. The molecule has 2 atom stereocenters. The molecule has 1 heterocycles. The van der Waals surface area contributed by atoms with E-state index < -0.39 is 4.92 Å². The van der Waals surface area contributed by atoms with E-state index in [1.807, 2.05) is 23.9 Å².